The summed E-state index contributed by atoms with van der Waals surface area (Å²) in [6.07, 6.45) is 2.48. The van der Waals surface area contributed by atoms with Gasteiger partial charge in [-0.3, -0.25) is 4.90 Å². The zero-order chi connectivity index (χ0) is 7.84. The van der Waals surface area contributed by atoms with E-state index in [1.807, 2.05) is 0 Å². The number of piperidine rings is 1. The van der Waals surface area contributed by atoms with E-state index < -0.39 is 12.2 Å². The van der Waals surface area contributed by atoms with Crippen LogP contribution in [0.5, 0.6) is 0 Å². The van der Waals surface area contributed by atoms with Crippen LogP contribution in [0, 0.1) is 0 Å². The molecule has 3 nitrogen and oxygen atoms in total. The number of aliphatic hydroxyl groups excluding tert-OH is 2. The predicted molar refractivity (Wildman–Crippen MR) is 41.2 cm³/mol. The molecule has 2 rings (SSSR count). The smallest absolute Gasteiger partial charge is 0.0966 e. The van der Waals surface area contributed by atoms with Gasteiger partial charge in [0.25, 0.3) is 0 Å². The lowest BCUT2D eigenvalue weighted by atomic mass is 10.0. The first-order chi connectivity index (χ1) is 5.29. The van der Waals surface area contributed by atoms with Crippen LogP contribution in [0.2, 0.25) is 0 Å². The van der Waals surface area contributed by atoms with Crippen LogP contribution < -0.4 is 0 Å². The van der Waals surface area contributed by atoms with Gasteiger partial charge in [-0.15, -0.1) is 0 Å². The Morgan fingerprint density at radius 1 is 1.18 bits per heavy atom. The van der Waals surface area contributed by atoms with Crippen molar-refractivity contribution >= 4 is 0 Å². The largest absolute Gasteiger partial charge is 0.389 e. The Bertz CT molecular complexity index is 151. The van der Waals surface area contributed by atoms with Crippen molar-refractivity contribution in [3.63, 3.8) is 0 Å². The van der Waals surface area contributed by atoms with Crippen LogP contribution in [0.4, 0.5) is 0 Å². The molecular weight excluding hydrogens is 142 g/mol. The molecule has 2 aliphatic rings. The lowest BCUT2D eigenvalue weighted by molar-refractivity contribution is 0.0318. The van der Waals surface area contributed by atoms with Crippen LogP contribution in [-0.2, 0) is 0 Å². The van der Waals surface area contributed by atoms with Gasteiger partial charge in [0.2, 0.25) is 0 Å². The van der Waals surface area contributed by atoms with Crippen LogP contribution in [0.25, 0.3) is 0 Å². The summed E-state index contributed by atoms with van der Waals surface area (Å²) in [4.78, 5) is 2.21. The summed E-state index contributed by atoms with van der Waals surface area (Å²) in [5, 5.41) is 18.8. The number of hydrogen-bond donors (Lipinski definition) is 2. The van der Waals surface area contributed by atoms with Gasteiger partial charge in [-0.1, -0.05) is 6.42 Å². The minimum absolute atomic E-state index is 0.249. The van der Waals surface area contributed by atoms with Gasteiger partial charge >= 0.3 is 0 Å². The van der Waals surface area contributed by atoms with E-state index in [9.17, 15) is 10.2 Å². The first kappa shape index (κ1) is 7.53. The van der Waals surface area contributed by atoms with Gasteiger partial charge in [-0.25, -0.2) is 0 Å². The maximum Gasteiger partial charge on any atom is 0.0966 e. The quantitative estimate of drug-likeness (QED) is 0.502. The highest BCUT2D eigenvalue weighted by Crippen LogP contribution is 2.26. The normalized spacial score (nSPS) is 45.8. The average Bonchev–Trinajstić information content (AvgIpc) is 2.30. The van der Waals surface area contributed by atoms with E-state index in [1.54, 1.807) is 0 Å². The number of aliphatic hydroxyl groups is 2. The molecule has 2 aliphatic heterocycles. The fraction of sp³-hybridized carbons (Fsp3) is 1.00. The van der Waals surface area contributed by atoms with Crippen LogP contribution in [0.1, 0.15) is 19.3 Å². The monoisotopic (exact) mass is 157 g/mol. The summed E-state index contributed by atoms with van der Waals surface area (Å²) in [7, 11) is 0. The zero-order valence-corrected chi connectivity index (χ0v) is 6.61. The van der Waals surface area contributed by atoms with Crippen molar-refractivity contribution in [3.8, 4) is 0 Å². The summed E-state index contributed by atoms with van der Waals surface area (Å²) in [5.74, 6) is 0. The van der Waals surface area contributed by atoms with Gasteiger partial charge in [0.1, 0.15) is 0 Å². The highest BCUT2D eigenvalue weighted by atomic mass is 16.3. The third-order valence-electron chi connectivity index (χ3n) is 2.87. The maximum absolute atomic E-state index is 9.50. The molecule has 0 amide bonds. The number of fused-ring (bicyclic) bond motifs is 1. The predicted octanol–water partition coefficient (Wildman–Crippen LogP) is -0.424. The fourth-order valence-electron chi connectivity index (χ4n) is 2.23. The Labute approximate surface area is 66.6 Å². The average molecular weight is 157 g/mol. The van der Waals surface area contributed by atoms with Gasteiger partial charge in [-0.05, 0) is 19.4 Å². The Morgan fingerprint density at radius 3 is 2.73 bits per heavy atom. The third-order valence-corrected chi connectivity index (χ3v) is 2.87. The van der Waals surface area contributed by atoms with Crippen molar-refractivity contribution < 1.29 is 10.2 Å². The van der Waals surface area contributed by atoms with Crippen LogP contribution >= 0.6 is 0 Å². The Kier molecular flexibility index (Phi) is 1.87. The highest BCUT2D eigenvalue weighted by Gasteiger charge is 2.40. The van der Waals surface area contributed by atoms with E-state index in [-0.39, 0.29) is 6.04 Å². The summed E-state index contributed by atoms with van der Waals surface area (Å²) in [5.41, 5.74) is 0. The maximum atomic E-state index is 9.50. The molecule has 0 aromatic rings. The molecule has 0 unspecified atom stereocenters. The number of hydrogen-bond acceptors (Lipinski definition) is 3. The van der Waals surface area contributed by atoms with Gasteiger partial charge < -0.3 is 10.2 Å². The molecule has 0 saturated carbocycles. The summed E-state index contributed by atoms with van der Waals surface area (Å²) >= 11 is 0. The SMILES string of the molecule is O[C@H]1[C@H](O)CN2CCCC[C@@H]12. The summed E-state index contributed by atoms with van der Waals surface area (Å²) in [6, 6.07) is 0.249. The highest BCUT2D eigenvalue weighted by molar-refractivity contribution is 4.94. The molecule has 2 N–H and O–H groups in total. The second-order valence-electron chi connectivity index (χ2n) is 3.62. The van der Waals surface area contributed by atoms with E-state index in [0.29, 0.717) is 6.54 Å². The Morgan fingerprint density at radius 2 is 2.00 bits per heavy atom. The molecule has 2 fully saturated rings. The molecule has 0 spiro atoms. The Hall–Kier alpha value is -0.120. The van der Waals surface area contributed by atoms with E-state index in [1.165, 1.54) is 12.8 Å². The molecule has 0 aromatic carbocycles. The topological polar surface area (TPSA) is 43.7 Å². The van der Waals surface area contributed by atoms with E-state index in [2.05, 4.69) is 4.90 Å². The molecule has 64 valence electrons. The van der Waals surface area contributed by atoms with Gasteiger partial charge in [-0.2, -0.15) is 0 Å². The lowest BCUT2D eigenvalue weighted by Crippen LogP contribution is -2.39. The van der Waals surface area contributed by atoms with Crippen molar-refractivity contribution in [2.45, 2.75) is 37.5 Å². The molecule has 0 radical (unpaired) electrons. The fourth-order valence-corrected chi connectivity index (χ4v) is 2.23. The minimum atomic E-state index is -0.502. The molecule has 11 heavy (non-hydrogen) atoms. The molecule has 0 aliphatic carbocycles. The first-order valence-corrected chi connectivity index (χ1v) is 4.39. The van der Waals surface area contributed by atoms with Crippen LogP contribution in [0.15, 0.2) is 0 Å². The standard InChI is InChI=1S/C8H15NO2/c10-7-5-9-4-2-1-3-6(9)8(7)11/h6-8,10-11H,1-5H2/t6-,7+,8+/m0/s1. The first-order valence-electron chi connectivity index (χ1n) is 4.39. The number of rotatable bonds is 0. The van der Waals surface area contributed by atoms with E-state index in [0.717, 1.165) is 13.0 Å². The molecule has 3 heteroatoms. The van der Waals surface area contributed by atoms with E-state index >= 15 is 0 Å². The molecule has 0 bridgehead atoms. The van der Waals surface area contributed by atoms with Crippen LogP contribution in [-0.4, -0.2) is 46.5 Å². The molecule has 2 saturated heterocycles. The van der Waals surface area contributed by atoms with Gasteiger partial charge in [0.05, 0.1) is 12.2 Å². The Balaban J connectivity index is 2.05. The molecule has 3 atom stereocenters. The van der Waals surface area contributed by atoms with Crippen molar-refractivity contribution in [2.24, 2.45) is 0 Å². The van der Waals surface area contributed by atoms with Gasteiger partial charge in [0, 0.05) is 12.6 Å². The second-order valence-corrected chi connectivity index (χ2v) is 3.62. The van der Waals surface area contributed by atoms with Crippen molar-refractivity contribution in [3.05, 3.63) is 0 Å². The van der Waals surface area contributed by atoms with Crippen molar-refractivity contribution in [2.75, 3.05) is 13.1 Å². The zero-order valence-electron chi connectivity index (χ0n) is 6.61. The lowest BCUT2D eigenvalue weighted by Gasteiger charge is -2.29. The van der Waals surface area contributed by atoms with Crippen molar-refractivity contribution in [1.82, 2.24) is 4.90 Å². The molecular formula is C8H15NO2. The van der Waals surface area contributed by atoms with Crippen molar-refractivity contribution in [1.29, 1.82) is 0 Å². The minimum Gasteiger partial charge on any atom is -0.389 e. The van der Waals surface area contributed by atoms with Gasteiger partial charge in [0.15, 0.2) is 0 Å². The number of nitrogens with zero attached hydrogens (tertiary/aromatic N) is 1. The van der Waals surface area contributed by atoms with E-state index in [4.69, 9.17) is 0 Å². The molecule has 2 heterocycles. The second kappa shape index (κ2) is 2.73. The summed E-state index contributed by atoms with van der Waals surface area (Å²) in [6.45, 7) is 1.73. The molecule has 0 aromatic heterocycles. The summed E-state index contributed by atoms with van der Waals surface area (Å²) < 4.78 is 0. The third kappa shape index (κ3) is 1.17. The van der Waals surface area contributed by atoms with Crippen LogP contribution in [0.3, 0.4) is 0 Å².